The summed E-state index contributed by atoms with van der Waals surface area (Å²) in [5.41, 5.74) is -0.724. The molecule has 0 aliphatic carbocycles. The Hall–Kier alpha value is -2.90. The molecule has 1 heterocycles. The number of hydrogen-bond acceptors (Lipinski definition) is 4. The number of fused-ring (bicyclic) bond motifs is 1. The largest absolute Gasteiger partial charge is 0.491 e. The van der Waals surface area contributed by atoms with Crippen LogP contribution in [0.4, 0.5) is 4.39 Å². The molecular weight excluding hydrogens is 461 g/mol. The van der Waals surface area contributed by atoms with Crippen LogP contribution in [0.2, 0.25) is 5.02 Å². The van der Waals surface area contributed by atoms with Crippen molar-refractivity contribution in [3.8, 4) is 5.75 Å². The number of aromatic carboxylic acids is 1. The molecule has 6 nitrogen and oxygen atoms in total. The molecule has 0 saturated heterocycles. The van der Waals surface area contributed by atoms with Gasteiger partial charge in [-0.25, -0.2) is 9.18 Å². The van der Waals surface area contributed by atoms with Crippen LogP contribution in [0, 0.1) is 11.7 Å². The van der Waals surface area contributed by atoms with Gasteiger partial charge < -0.3 is 19.5 Å². The minimum absolute atomic E-state index is 0.0132. The fraction of sp³-hybridized carbons (Fsp3) is 0.385. The third-order valence-electron chi connectivity index (χ3n) is 5.94. The van der Waals surface area contributed by atoms with E-state index < -0.39 is 22.8 Å². The van der Waals surface area contributed by atoms with E-state index in [2.05, 4.69) is 0 Å². The van der Waals surface area contributed by atoms with E-state index in [9.17, 15) is 24.2 Å². The van der Waals surface area contributed by atoms with E-state index in [-0.39, 0.29) is 41.0 Å². The second kappa shape index (κ2) is 9.76. The van der Waals surface area contributed by atoms with Crippen LogP contribution in [-0.4, -0.2) is 32.5 Å². The highest BCUT2D eigenvalue weighted by atomic mass is 35.5. The molecule has 0 unspecified atom stereocenters. The average molecular weight is 490 g/mol. The highest BCUT2D eigenvalue weighted by molar-refractivity contribution is 6.30. The second-order valence-electron chi connectivity index (χ2n) is 9.42. The first-order valence-electron chi connectivity index (χ1n) is 11.0. The highest BCUT2D eigenvalue weighted by Gasteiger charge is 2.25. The summed E-state index contributed by atoms with van der Waals surface area (Å²) in [4.78, 5) is 24.9. The van der Waals surface area contributed by atoms with Gasteiger partial charge in [0, 0.05) is 36.5 Å². The second-order valence-corrected chi connectivity index (χ2v) is 9.82. The molecule has 1 atom stereocenters. The summed E-state index contributed by atoms with van der Waals surface area (Å²) in [5.74, 6) is -1.71. The molecule has 0 fully saturated rings. The number of aliphatic hydroxyl groups is 1. The molecule has 0 saturated carbocycles. The van der Waals surface area contributed by atoms with Crippen molar-refractivity contribution >= 4 is 28.5 Å². The number of ether oxygens (including phenoxy) is 1. The topological polar surface area (TPSA) is 88.8 Å². The third-order valence-corrected chi connectivity index (χ3v) is 6.24. The normalized spacial score (nSPS) is 12.9. The van der Waals surface area contributed by atoms with E-state index in [4.69, 9.17) is 16.3 Å². The van der Waals surface area contributed by atoms with Gasteiger partial charge in [-0.2, -0.15) is 0 Å². The molecule has 0 amide bonds. The summed E-state index contributed by atoms with van der Waals surface area (Å²) in [5, 5.41) is 20.2. The van der Waals surface area contributed by atoms with Crippen molar-refractivity contribution in [2.24, 2.45) is 5.92 Å². The number of carboxylic acid groups (broad SMARTS) is 1. The lowest BCUT2D eigenvalue weighted by molar-refractivity contribution is 0.0181. The first-order valence-corrected chi connectivity index (χ1v) is 11.4. The van der Waals surface area contributed by atoms with Crippen molar-refractivity contribution in [1.82, 2.24) is 4.57 Å². The monoisotopic (exact) mass is 489 g/mol. The Morgan fingerprint density at radius 3 is 2.47 bits per heavy atom. The van der Waals surface area contributed by atoms with Crippen molar-refractivity contribution in [2.75, 3.05) is 0 Å². The van der Waals surface area contributed by atoms with E-state index in [0.29, 0.717) is 22.4 Å². The number of aromatic nitrogens is 1. The predicted molar refractivity (Wildman–Crippen MR) is 131 cm³/mol. The standard InChI is InChI=1S/C26H29ClFNO5/c1-14(2)34-22-11-21-18(10-17(22)9-16-7-6-8-20(27)23(16)28)24(30)19(25(31)32)13-29(21)12-15(3)26(4,5)33/h6-8,10-11,13-15,33H,9,12H2,1-5H3,(H,31,32)/t15-/m0/s1. The Bertz CT molecular complexity index is 1290. The van der Waals surface area contributed by atoms with Gasteiger partial charge in [-0.15, -0.1) is 0 Å². The fourth-order valence-electron chi connectivity index (χ4n) is 3.68. The van der Waals surface area contributed by atoms with Crippen molar-refractivity contribution in [3.63, 3.8) is 0 Å². The Morgan fingerprint density at radius 2 is 1.88 bits per heavy atom. The molecule has 3 rings (SSSR count). The number of hydrogen-bond donors (Lipinski definition) is 2. The third kappa shape index (κ3) is 5.42. The Balaban J connectivity index is 2.29. The molecule has 1 aromatic heterocycles. The van der Waals surface area contributed by atoms with E-state index in [0.717, 1.165) is 0 Å². The summed E-state index contributed by atoms with van der Waals surface area (Å²) in [6.07, 6.45) is 1.19. The molecular formula is C26H29ClFNO5. The quantitative estimate of drug-likeness (QED) is 0.449. The van der Waals surface area contributed by atoms with Gasteiger partial charge in [0.1, 0.15) is 17.1 Å². The van der Waals surface area contributed by atoms with Gasteiger partial charge in [0.15, 0.2) is 0 Å². The van der Waals surface area contributed by atoms with Crippen LogP contribution in [0.3, 0.4) is 0 Å². The van der Waals surface area contributed by atoms with Crippen molar-refractivity contribution in [2.45, 2.75) is 59.3 Å². The average Bonchev–Trinajstić information content (AvgIpc) is 2.72. The lowest BCUT2D eigenvalue weighted by Crippen LogP contribution is -2.32. The Morgan fingerprint density at radius 1 is 1.21 bits per heavy atom. The number of carbonyl (C=O) groups is 1. The Labute approximate surface area is 202 Å². The predicted octanol–water partition coefficient (Wildman–Crippen LogP) is 5.28. The van der Waals surface area contributed by atoms with Crippen molar-refractivity contribution in [3.05, 3.63) is 74.3 Å². The molecule has 8 heteroatoms. The van der Waals surface area contributed by atoms with E-state index in [1.807, 2.05) is 20.8 Å². The zero-order valence-electron chi connectivity index (χ0n) is 19.9. The summed E-state index contributed by atoms with van der Waals surface area (Å²) in [6.45, 7) is 9.16. The lowest BCUT2D eigenvalue weighted by Gasteiger charge is -2.28. The first kappa shape index (κ1) is 25.7. The van der Waals surface area contributed by atoms with Gasteiger partial charge in [-0.3, -0.25) is 4.79 Å². The molecule has 0 aliphatic heterocycles. The maximum Gasteiger partial charge on any atom is 0.341 e. The van der Waals surface area contributed by atoms with E-state index in [1.54, 1.807) is 42.7 Å². The SMILES string of the molecule is CC(C)Oc1cc2c(cc1Cc1cccc(Cl)c1F)c(=O)c(C(=O)O)cn2C[C@H](C)C(C)(C)O. The van der Waals surface area contributed by atoms with Crippen LogP contribution in [0.25, 0.3) is 10.9 Å². The number of rotatable bonds is 8. The molecule has 0 aliphatic rings. The molecule has 2 aromatic carbocycles. The summed E-state index contributed by atoms with van der Waals surface area (Å²) < 4.78 is 22.3. The zero-order chi connectivity index (χ0) is 25.4. The molecule has 182 valence electrons. The number of pyridine rings is 1. The van der Waals surface area contributed by atoms with Crippen LogP contribution in [-0.2, 0) is 13.0 Å². The van der Waals surface area contributed by atoms with Crippen molar-refractivity contribution < 1.29 is 24.1 Å². The lowest BCUT2D eigenvalue weighted by atomic mass is 9.92. The van der Waals surface area contributed by atoms with Gasteiger partial charge in [-0.1, -0.05) is 30.7 Å². The van der Waals surface area contributed by atoms with Gasteiger partial charge in [-0.05, 0) is 51.0 Å². The molecule has 34 heavy (non-hydrogen) atoms. The van der Waals surface area contributed by atoms with Crippen LogP contribution in [0.1, 0.15) is 56.1 Å². The molecule has 2 N–H and O–H groups in total. The summed E-state index contributed by atoms with van der Waals surface area (Å²) >= 11 is 5.94. The van der Waals surface area contributed by atoms with Crippen LogP contribution >= 0.6 is 11.6 Å². The number of carboxylic acids is 1. The van der Waals surface area contributed by atoms with Gasteiger partial charge in [0.2, 0.25) is 5.43 Å². The van der Waals surface area contributed by atoms with Crippen LogP contribution < -0.4 is 10.2 Å². The van der Waals surface area contributed by atoms with E-state index >= 15 is 0 Å². The Kier molecular flexibility index (Phi) is 7.38. The summed E-state index contributed by atoms with van der Waals surface area (Å²) in [6, 6.07) is 7.93. The summed E-state index contributed by atoms with van der Waals surface area (Å²) in [7, 11) is 0. The maximum atomic E-state index is 14.6. The molecule has 0 spiro atoms. The molecule has 0 radical (unpaired) electrons. The molecule has 3 aromatic rings. The number of benzene rings is 2. The maximum absolute atomic E-state index is 14.6. The van der Waals surface area contributed by atoms with Crippen LogP contribution in [0.15, 0.2) is 41.3 Å². The number of nitrogens with zero attached hydrogens (tertiary/aromatic N) is 1. The minimum Gasteiger partial charge on any atom is -0.491 e. The fourth-order valence-corrected chi connectivity index (χ4v) is 3.87. The smallest absolute Gasteiger partial charge is 0.341 e. The zero-order valence-corrected chi connectivity index (χ0v) is 20.6. The van der Waals surface area contributed by atoms with Crippen molar-refractivity contribution in [1.29, 1.82) is 0 Å². The number of halogens is 2. The van der Waals surface area contributed by atoms with Gasteiger partial charge in [0.05, 0.1) is 22.2 Å². The minimum atomic E-state index is -1.35. The van der Waals surface area contributed by atoms with E-state index in [1.165, 1.54) is 12.3 Å². The first-order chi connectivity index (χ1) is 15.8. The van der Waals surface area contributed by atoms with Crippen LogP contribution in [0.5, 0.6) is 5.75 Å². The molecule has 0 bridgehead atoms. The highest BCUT2D eigenvalue weighted by Crippen LogP contribution is 2.31. The van der Waals surface area contributed by atoms with Gasteiger partial charge in [0.25, 0.3) is 0 Å². The van der Waals surface area contributed by atoms with Gasteiger partial charge >= 0.3 is 5.97 Å².